The molecule has 2 rings (SSSR count). The number of benzene rings is 2. The summed E-state index contributed by atoms with van der Waals surface area (Å²) in [6.45, 7) is 2.69. The topological polar surface area (TPSA) is 47.6 Å². The van der Waals surface area contributed by atoms with Crippen molar-refractivity contribution in [2.24, 2.45) is 0 Å². The molecule has 1 amide bonds. The van der Waals surface area contributed by atoms with E-state index in [4.69, 9.17) is 9.47 Å². The molecule has 0 saturated heterocycles. The predicted molar refractivity (Wildman–Crippen MR) is 86.2 cm³/mol. The predicted octanol–water partition coefficient (Wildman–Crippen LogP) is 2.96. The van der Waals surface area contributed by atoms with Gasteiger partial charge >= 0.3 is 0 Å². The number of rotatable bonds is 8. The average molecular weight is 317 g/mol. The van der Waals surface area contributed by atoms with Crippen LogP contribution in [-0.4, -0.2) is 25.7 Å². The molecule has 0 fully saturated rings. The van der Waals surface area contributed by atoms with Crippen molar-refractivity contribution in [2.45, 2.75) is 13.3 Å². The molecule has 23 heavy (non-hydrogen) atoms. The number of amides is 1. The first-order chi connectivity index (χ1) is 11.2. The van der Waals surface area contributed by atoms with E-state index in [1.54, 1.807) is 12.1 Å². The number of hydrogen-bond donors (Lipinski definition) is 1. The summed E-state index contributed by atoms with van der Waals surface area (Å²) in [6.07, 6.45) is 0.921. The van der Waals surface area contributed by atoms with Gasteiger partial charge in [-0.05, 0) is 48.4 Å². The summed E-state index contributed by atoms with van der Waals surface area (Å²) in [7, 11) is 0. The summed E-state index contributed by atoms with van der Waals surface area (Å²) >= 11 is 0. The first kappa shape index (κ1) is 16.8. The highest BCUT2D eigenvalue weighted by Gasteiger charge is 2.03. The molecule has 122 valence electrons. The maximum atomic E-state index is 12.7. The Labute approximate surface area is 135 Å². The Balaban J connectivity index is 1.64. The van der Waals surface area contributed by atoms with Gasteiger partial charge in [0.2, 0.25) is 0 Å². The zero-order chi connectivity index (χ0) is 16.5. The maximum absolute atomic E-state index is 12.7. The fourth-order valence-corrected chi connectivity index (χ4v) is 1.95. The van der Waals surface area contributed by atoms with Gasteiger partial charge in [0.05, 0.1) is 6.54 Å². The number of nitrogens with one attached hydrogen (secondary N) is 1. The van der Waals surface area contributed by atoms with E-state index >= 15 is 0 Å². The highest BCUT2D eigenvalue weighted by molar-refractivity contribution is 5.77. The molecule has 0 aromatic heterocycles. The fraction of sp³-hybridized carbons (Fsp3) is 0.278. The van der Waals surface area contributed by atoms with Crippen LogP contribution in [0.5, 0.6) is 11.5 Å². The minimum atomic E-state index is -0.310. The SMILES string of the molecule is CCc1cccc(OCC(=O)NCCOc2ccc(F)cc2)c1. The van der Waals surface area contributed by atoms with Crippen molar-refractivity contribution in [1.82, 2.24) is 5.32 Å². The quantitative estimate of drug-likeness (QED) is 0.762. The molecule has 0 spiro atoms. The van der Waals surface area contributed by atoms with Gasteiger partial charge in [0.15, 0.2) is 6.61 Å². The second-order valence-corrected chi connectivity index (χ2v) is 4.94. The zero-order valence-corrected chi connectivity index (χ0v) is 13.0. The summed E-state index contributed by atoms with van der Waals surface area (Å²) in [5.74, 6) is 0.722. The lowest BCUT2D eigenvalue weighted by molar-refractivity contribution is -0.123. The van der Waals surface area contributed by atoms with Gasteiger partial charge in [-0.1, -0.05) is 19.1 Å². The second-order valence-electron chi connectivity index (χ2n) is 4.94. The number of ether oxygens (including phenoxy) is 2. The van der Waals surface area contributed by atoms with E-state index in [1.807, 2.05) is 24.3 Å². The number of carbonyl (C=O) groups is 1. The molecule has 0 saturated carbocycles. The van der Waals surface area contributed by atoms with Crippen LogP contribution in [0.3, 0.4) is 0 Å². The van der Waals surface area contributed by atoms with Gasteiger partial charge < -0.3 is 14.8 Å². The van der Waals surface area contributed by atoms with E-state index in [0.717, 1.165) is 12.0 Å². The van der Waals surface area contributed by atoms with Crippen molar-refractivity contribution in [3.8, 4) is 11.5 Å². The molecule has 0 aliphatic heterocycles. The normalized spacial score (nSPS) is 10.2. The number of halogens is 1. The van der Waals surface area contributed by atoms with Crippen LogP contribution >= 0.6 is 0 Å². The Morgan fingerprint density at radius 3 is 2.61 bits per heavy atom. The molecule has 0 aliphatic carbocycles. The van der Waals surface area contributed by atoms with Crippen LogP contribution in [0.2, 0.25) is 0 Å². The molecule has 4 nitrogen and oxygen atoms in total. The standard InChI is InChI=1S/C18H20FNO3/c1-2-14-4-3-5-17(12-14)23-13-18(21)20-10-11-22-16-8-6-15(19)7-9-16/h3-9,12H,2,10-11,13H2,1H3,(H,20,21). The Kier molecular flexibility index (Phi) is 6.41. The third kappa shape index (κ3) is 5.98. The van der Waals surface area contributed by atoms with Gasteiger partial charge in [0, 0.05) is 0 Å². The minimum Gasteiger partial charge on any atom is -0.492 e. The Morgan fingerprint density at radius 1 is 1.09 bits per heavy atom. The second kappa shape index (κ2) is 8.78. The van der Waals surface area contributed by atoms with Crippen molar-refractivity contribution in [2.75, 3.05) is 19.8 Å². The molecule has 5 heteroatoms. The van der Waals surface area contributed by atoms with Gasteiger partial charge in [-0.3, -0.25) is 4.79 Å². The van der Waals surface area contributed by atoms with Crippen molar-refractivity contribution >= 4 is 5.91 Å². The molecular weight excluding hydrogens is 297 g/mol. The summed E-state index contributed by atoms with van der Waals surface area (Å²) in [6, 6.07) is 13.4. The smallest absolute Gasteiger partial charge is 0.258 e. The van der Waals surface area contributed by atoms with Crippen molar-refractivity contribution in [3.63, 3.8) is 0 Å². The molecule has 2 aromatic rings. The largest absolute Gasteiger partial charge is 0.492 e. The Morgan fingerprint density at radius 2 is 1.87 bits per heavy atom. The minimum absolute atomic E-state index is 0.0380. The molecule has 0 heterocycles. The van der Waals surface area contributed by atoms with Crippen molar-refractivity contribution < 1.29 is 18.7 Å². The Bertz CT molecular complexity index is 628. The zero-order valence-electron chi connectivity index (χ0n) is 13.0. The summed E-state index contributed by atoms with van der Waals surface area (Å²) in [5, 5.41) is 2.70. The molecule has 0 bridgehead atoms. The van der Waals surface area contributed by atoms with Crippen LogP contribution in [0.1, 0.15) is 12.5 Å². The van der Waals surface area contributed by atoms with Crippen LogP contribution in [-0.2, 0) is 11.2 Å². The van der Waals surface area contributed by atoms with E-state index < -0.39 is 0 Å². The van der Waals surface area contributed by atoms with E-state index in [2.05, 4.69) is 12.2 Å². The van der Waals surface area contributed by atoms with E-state index in [0.29, 0.717) is 24.7 Å². The monoisotopic (exact) mass is 317 g/mol. The van der Waals surface area contributed by atoms with Gasteiger partial charge in [0.1, 0.15) is 23.9 Å². The number of aryl methyl sites for hydroxylation is 1. The first-order valence-electron chi connectivity index (χ1n) is 7.54. The Hall–Kier alpha value is -2.56. The van der Waals surface area contributed by atoms with Crippen LogP contribution in [0.25, 0.3) is 0 Å². The third-order valence-corrected chi connectivity index (χ3v) is 3.18. The van der Waals surface area contributed by atoms with E-state index in [1.165, 1.54) is 12.1 Å². The number of hydrogen-bond acceptors (Lipinski definition) is 3. The summed E-state index contributed by atoms with van der Waals surface area (Å²) < 4.78 is 23.6. The van der Waals surface area contributed by atoms with Gasteiger partial charge in [-0.15, -0.1) is 0 Å². The molecular formula is C18H20FNO3. The average Bonchev–Trinajstić information content (AvgIpc) is 2.58. The van der Waals surface area contributed by atoms with Gasteiger partial charge in [-0.2, -0.15) is 0 Å². The molecule has 1 N–H and O–H groups in total. The molecule has 0 radical (unpaired) electrons. The maximum Gasteiger partial charge on any atom is 0.258 e. The van der Waals surface area contributed by atoms with Crippen molar-refractivity contribution in [3.05, 3.63) is 59.9 Å². The number of carbonyl (C=O) groups excluding carboxylic acids is 1. The molecule has 0 unspecified atom stereocenters. The summed E-state index contributed by atoms with van der Waals surface area (Å²) in [4.78, 5) is 11.7. The van der Waals surface area contributed by atoms with Crippen LogP contribution in [0.4, 0.5) is 4.39 Å². The highest BCUT2D eigenvalue weighted by atomic mass is 19.1. The third-order valence-electron chi connectivity index (χ3n) is 3.18. The lowest BCUT2D eigenvalue weighted by atomic mass is 10.2. The molecule has 0 aliphatic rings. The fourth-order valence-electron chi connectivity index (χ4n) is 1.95. The van der Waals surface area contributed by atoms with Crippen molar-refractivity contribution in [1.29, 1.82) is 0 Å². The van der Waals surface area contributed by atoms with Crippen LogP contribution < -0.4 is 14.8 Å². The van der Waals surface area contributed by atoms with Gasteiger partial charge in [0.25, 0.3) is 5.91 Å². The van der Waals surface area contributed by atoms with E-state index in [-0.39, 0.29) is 18.3 Å². The molecule has 0 atom stereocenters. The van der Waals surface area contributed by atoms with Crippen LogP contribution in [0, 0.1) is 5.82 Å². The lowest BCUT2D eigenvalue weighted by Crippen LogP contribution is -2.32. The first-order valence-corrected chi connectivity index (χ1v) is 7.54. The lowest BCUT2D eigenvalue weighted by Gasteiger charge is -2.09. The van der Waals surface area contributed by atoms with Gasteiger partial charge in [-0.25, -0.2) is 4.39 Å². The molecule has 2 aromatic carbocycles. The van der Waals surface area contributed by atoms with E-state index in [9.17, 15) is 9.18 Å². The highest BCUT2D eigenvalue weighted by Crippen LogP contribution is 2.13. The summed E-state index contributed by atoms with van der Waals surface area (Å²) in [5.41, 5.74) is 1.16. The van der Waals surface area contributed by atoms with Crippen LogP contribution in [0.15, 0.2) is 48.5 Å².